The molecule has 0 aliphatic carbocycles. The van der Waals surface area contributed by atoms with Gasteiger partial charge in [-0.2, -0.15) is 0 Å². The van der Waals surface area contributed by atoms with Gasteiger partial charge in [-0.3, -0.25) is 24.4 Å². The van der Waals surface area contributed by atoms with Crippen LogP contribution >= 0.6 is 11.3 Å². The summed E-state index contributed by atoms with van der Waals surface area (Å²) in [5, 5.41) is 12.0. The van der Waals surface area contributed by atoms with E-state index in [1.165, 1.54) is 11.3 Å². The first-order chi connectivity index (χ1) is 14.9. The van der Waals surface area contributed by atoms with Crippen molar-refractivity contribution in [2.75, 3.05) is 0 Å². The molecule has 2 aromatic rings. The molecule has 0 radical (unpaired) electrons. The molecule has 0 spiro atoms. The molecule has 2 aliphatic heterocycles. The molecular weight excluding hydrogens is 418 g/mol. The first-order valence-corrected chi connectivity index (χ1v) is 11.2. The van der Waals surface area contributed by atoms with Gasteiger partial charge in [-0.05, 0) is 26.2 Å². The summed E-state index contributed by atoms with van der Waals surface area (Å²) in [7, 11) is 0. The maximum absolute atomic E-state index is 13.5. The van der Waals surface area contributed by atoms with Crippen molar-refractivity contribution >= 4 is 29.6 Å². The lowest BCUT2D eigenvalue weighted by Gasteiger charge is -2.35. The lowest BCUT2D eigenvalue weighted by molar-refractivity contribution is -0.136. The molecule has 4 rings (SSSR count). The van der Waals surface area contributed by atoms with Gasteiger partial charge in [0.2, 0.25) is 11.8 Å². The number of fused-ring (bicyclic) bond motifs is 2. The standard InChI is InChI=1S/C20H25N5O2S.CH2O2/c1-3-18(26)25-16-4-5-17(25)20(7-16,6-14-11-28-12-24-14)19(27)23-10-15-9-21-13(2)8-22-15;2-1-3/h8-9,11-12,16-17H,3-7,10H2,1-2H3,(H,23,27);1H,(H,2,3)/t16-,17+,20+;/m1./s1. The summed E-state index contributed by atoms with van der Waals surface area (Å²) < 4.78 is 0. The van der Waals surface area contributed by atoms with Gasteiger partial charge in [0.15, 0.2) is 0 Å². The second-order valence-corrected chi connectivity index (χ2v) is 8.57. The fourth-order valence-corrected chi connectivity index (χ4v) is 5.32. The molecule has 31 heavy (non-hydrogen) atoms. The number of nitrogens with one attached hydrogen (secondary N) is 1. The Morgan fingerprint density at radius 3 is 2.68 bits per heavy atom. The second-order valence-electron chi connectivity index (χ2n) is 7.86. The summed E-state index contributed by atoms with van der Waals surface area (Å²) in [4.78, 5) is 49.4. The highest BCUT2D eigenvalue weighted by atomic mass is 32.1. The molecule has 2 fully saturated rings. The molecule has 2 saturated heterocycles. The molecule has 0 aromatic carbocycles. The van der Waals surface area contributed by atoms with E-state index in [1.807, 2.05) is 24.1 Å². The zero-order valence-electron chi connectivity index (χ0n) is 17.7. The lowest BCUT2D eigenvalue weighted by atomic mass is 9.70. The van der Waals surface area contributed by atoms with Crippen molar-refractivity contribution < 1.29 is 19.5 Å². The first kappa shape index (κ1) is 22.8. The van der Waals surface area contributed by atoms with Gasteiger partial charge in [-0.25, -0.2) is 4.98 Å². The maximum atomic E-state index is 13.5. The van der Waals surface area contributed by atoms with E-state index in [0.29, 0.717) is 25.8 Å². The third-order valence-electron chi connectivity index (χ3n) is 6.03. The molecule has 3 atom stereocenters. The van der Waals surface area contributed by atoms with Crippen LogP contribution in [0.1, 0.15) is 49.7 Å². The van der Waals surface area contributed by atoms with Crippen LogP contribution in [-0.4, -0.2) is 55.3 Å². The lowest BCUT2D eigenvalue weighted by Crippen LogP contribution is -2.51. The smallest absolute Gasteiger partial charge is 0.290 e. The monoisotopic (exact) mass is 445 g/mol. The van der Waals surface area contributed by atoms with Crippen LogP contribution in [-0.2, 0) is 27.3 Å². The number of carbonyl (C=O) groups excluding carboxylic acids is 2. The van der Waals surface area contributed by atoms with Crippen molar-refractivity contribution in [3.8, 4) is 0 Å². The summed E-state index contributed by atoms with van der Waals surface area (Å²) in [6, 6.07) is 0.0942. The van der Waals surface area contributed by atoms with E-state index >= 15 is 0 Å². The summed E-state index contributed by atoms with van der Waals surface area (Å²) in [6.45, 7) is 3.86. The zero-order valence-corrected chi connectivity index (χ0v) is 18.5. The maximum Gasteiger partial charge on any atom is 0.290 e. The molecule has 0 saturated carbocycles. The van der Waals surface area contributed by atoms with Crippen molar-refractivity contribution in [1.29, 1.82) is 0 Å². The number of thiazole rings is 1. The third-order valence-corrected chi connectivity index (χ3v) is 6.66. The molecule has 4 heterocycles. The van der Waals surface area contributed by atoms with E-state index in [2.05, 4.69) is 20.3 Å². The van der Waals surface area contributed by atoms with Crippen molar-refractivity contribution in [1.82, 2.24) is 25.2 Å². The number of hydrogen-bond donors (Lipinski definition) is 2. The number of carboxylic acid groups (broad SMARTS) is 1. The molecule has 166 valence electrons. The number of hydrogen-bond acceptors (Lipinski definition) is 7. The molecule has 2 bridgehead atoms. The van der Waals surface area contributed by atoms with Crippen LogP contribution < -0.4 is 5.32 Å². The minimum atomic E-state index is -0.625. The van der Waals surface area contributed by atoms with Crippen molar-refractivity contribution in [2.24, 2.45) is 5.41 Å². The van der Waals surface area contributed by atoms with Gasteiger partial charge in [0.05, 0.1) is 40.7 Å². The Balaban J connectivity index is 0.000000858. The Labute approximate surface area is 184 Å². The van der Waals surface area contributed by atoms with Gasteiger partial charge in [-0.1, -0.05) is 6.92 Å². The van der Waals surface area contributed by atoms with E-state index in [0.717, 1.165) is 29.9 Å². The van der Waals surface area contributed by atoms with Gasteiger partial charge < -0.3 is 15.3 Å². The summed E-state index contributed by atoms with van der Waals surface area (Å²) >= 11 is 1.53. The highest BCUT2D eigenvalue weighted by Gasteiger charge is 2.60. The van der Waals surface area contributed by atoms with E-state index in [9.17, 15) is 9.59 Å². The number of amides is 2. The highest BCUT2D eigenvalue weighted by molar-refractivity contribution is 7.07. The average molecular weight is 446 g/mol. The van der Waals surface area contributed by atoms with Gasteiger partial charge in [0.1, 0.15) is 0 Å². The summed E-state index contributed by atoms with van der Waals surface area (Å²) in [5.41, 5.74) is 3.67. The topological polar surface area (TPSA) is 125 Å². The Morgan fingerprint density at radius 1 is 1.29 bits per heavy atom. The van der Waals surface area contributed by atoms with Crippen molar-refractivity contribution in [3.63, 3.8) is 0 Å². The Morgan fingerprint density at radius 2 is 2.06 bits per heavy atom. The van der Waals surface area contributed by atoms with Crippen LogP contribution in [0.5, 0.6) is 0 Å². The highest BCUT2D eigenvalue weighted by Crippen LogP contribution is 2.52. The number of aromatic nitrogens is 3. The Kier molecular flexibility index (Phi) is 7.32. The fourth-order valence-electron chi connectivity index (χ4n) is 4.76. The molecule has 2 N–H and O–H groups in total. The van der Waals surface area contributed by atoms with Crippen LogP contribution in [0.2, 0.25) is 0 Å². The number of nitrogens with zero attached hydrogens (tertiary/aromatic N) is 4. The van der Waals surface area contributed by atoms with Gasteiger partial charge in [-0.15, -0.1) is 11.3 Å². The zero-order chi connectivity index (χ0) is 22.4. The molecule has 9 nitrogen and oxygen atoms in total. The molecule has 0 unspecified atom stereocenters. The number of carbonyl (C=O) groups is 3. The predicted molar refractivity (Wildman–Crippen MR) is 114 cm³/mol. The summed E-state index contributed by atoms with van der Waals surface area (Å²) in [5.74, 6) is 0.133. The van der Waals surface area contributed by atoms with Crippen molar-refractivity contribution in [3.05, 3.63) is 40.4 Å². The number of rotatable bonds is 6. The minimum Gasteiger partial charge on any atom is -0.483 e. The van der Waals surface area contributed by atoms with Crippen LogP contribution in [0.25, 0.3) is 0 Å². The molecule has 2 aliphatic rings. The Bertz CT molecular complexity index is 905. The van der Waals surface area contributed by atoms with E-state index in [1.54, 1.807) is 17.9 Å². The summed E-state index contributed by atoms with van der Waals surface area (Å²) in [6.07, 6.45) is 6.98. The van der Waals surface area contributed by atoms with Gasteiger partial charge in [0.25, 0.3) is 6.47 Å². The first-order valence-electron chi connectivity index (χ1n) is 10.3. The molecule has 10 heteroatoms. The molecule has 2 amide bonds. The van der Waals surface area contributed by atoms with Crippen LogP contribution in [0.15, 0.2) is 23.3 Å². The number of aryl methyl sites for hydroxylation is 1. The largest absolute Gasteiger partial charge is 0.483 e. The second kappa shape index (κ2) is 9.95. The SMILES string of the molecule is CCC(=O)N1[C@@H]2CC[C@H]1[C@@](Cc1cscn1)(C(=O)NCc1cnc(C)cn1)C2.O=CO. The van der Waals surface area contributed by atoms with E-state index < -0.39 is 5.41 Å². The van der Waals surface area contributed by atoms with Crippen LogP contribution in [0.4, 0.5) is 0 Å². The third kappa shape index (κ3) is 4.73. The quantitative estimate of drug-likeness (QED) is 0.651. The normalized spacial score (nSPS) is 23.7. The molecular formula is C21H27N5O4S. The molecule has 2 aromatic heterocycles. The average Bonchev–Trinajstić information content (AvgIpc) is 3.49. The van der Waals surface area contributed by atoms with Crippen molar-refractivity contribution in [2.45, 2.75) is 64.6 Å². The van der Waals surface area contributed by atoms with Crippen LogP contribution in [0, 0.1) is 12.3 Å². The predicted octanol–water partition coefficient (Wildman–Crippen LogP) is 1.96. The van der Waals surface area contributed by atoms with E-state index in [4.69, 9.17) is 9.90 Å². The van der Waals surface area contributed by atoms with E-state index in [-0.39, 0.29) is 30.4 Å². The fraction of sp³-hybridized carbons (Fsp3) is 0.524. The minimum absolute atomic E-state index is 0.0102. The van der Waals surface area contributed by atoms with Gasteiger partial charge in [0, 0.05) is 36.5 Å². The van der Waals surface area contributed by atoms with Crippen LogP contribution in [0.3, 0.4) is 0 Å². The Hall–Kier alpha value is -2.88. The van der Waals surface area contributed by atoms with Gasteiger partial charge >= 0.3 is 0 Å².